The summed E-state index contributed by atoms with van der Waals surface area (Å²) < 4.78 is 44.9. The molecule has 0 spiro atoms. The van der Waals surface area contributed by atoms with Gasteiger partial charge in [0, 0.05) is 32.2 Å². The average molecular weight is 396 g/mol. The number of nitrogens with zero attached hydrogens (tertiary/aromatic N) is 3. The summed E-state index contributed by atoms with van der Waals surface area (Å²) in [6, 6.07) is 2.77. The lowest BCUT2D eigenvalue weighted by atomic mass is 10.3. The summed E-state index contributed by atoms with van der Waals surface area (Å²) >= 11 is 0. The van der Waals surface area contributed by atoms with Crippen molar-refractivity contribution < 1.29 is 22.7 Å². The number of halogens is 3. The first-order chi connectivity index (χ1) is 13.5. The highest BCUT2D eigenvalue weighted by atomic mass is 19.2. The van der Waals surface area contributed by atoms with Crippen LogP contribution in [0.4, 0.5) is 35.2 Å². The highest BCUT2D eigenvalue weighted by Crippen LogP contribution is 2.19. The van der Waals surface area contributed by atoms with Crippen LogP contribution in [-0.2, 0) is 4.74 Å². The third-order valence-electron chi connectivity index (χ3n) is 4.02. The summed E-state index contributed by atoms with van der Waals surface area (Å²) in [5.74, 6) is -3.88. The molecule has 2 amide bonds. The third-order valence-corrected chi connectivity index (χ3v) is 4.02. The number of ether oxygens (including phenoxy) is 1. The molecule has 2 aromatic rings. The second-order valence-electron chi connectivity index (χ2n) is 5.93. The van der Waals surface area contributed by atoms with Gasteiger partial charge >= 0.3 is 6.03 Å². The average Bonchev–Trinajstić information content (AvgIpc) is 2.72. The summed E-state index contributed by atoms with van der Waals surface area (Å²) in [6.45, 7) is 3.36. The molecule has 1 aliphatic heterocycles. The Morgan fingerprint density at radius 2 is 1.93 bits per heavy atom. The van der Waals surface area contributed by atoms with E-state index in [1.54, 1.807) is 6.20 Å². The third kappa shape index (κ3) is 5.00. The molecule has 3 rings (SSSR count). The van der Waals surface area contributed by atoms with Crippen LogP contribution in [0.1, 0.15) is 0 Å². The summed E-state index contributed by atoms with van der Waals surface area (Å²) in [7, 11) is 0. The van der Waals surface area contributed by atoms with Gasteiger partial charge in [0.05, 0.1) is 30.8 Å². The molecular weight excluding hydrogens is 377 g/mol. The molecule has 0 aliphatic carbocycles. The van der Waals surface area contributed by atoms with Gasteiger partial charge in [0.25, 0.3) is 0 Å². The van der Waals surface area contributed by atoms with Crippen molar-refractivity contribution in [1.82, 2.24) is 15.5 Å². The summed E-state index contributed by atoms with van der Waals surface area (Å²) in [5, 5.41) is 15.5. The molecule has 3 N–H and O–H groups in total. The molecule has 0 atom stereocenters. The Morgan fingerprint density at radius 1 is 1.14 bits per heavy atom. The Hall–Kier alpha value is -3.08. The Balaban J connectivity index is 1.44. The maximum absolute atomic E-state index is 13.5. The van der Waals surface area contributed by atoms with Crippen molar-refractivity contribution in [3.63, 3.8) is 0 Å². The molecule has 1 fully saturated rings. The van der Waals surface area contributed by atoms with Gasteiger partial charge in [-0.05, 0) is 12.1 Å². The number of aromatic nitrogens is 2. The lowest BCUT2D eigenvalue weighted by molar-refractivity contribution is 0.122. The largest absolute Gasteiger partial charge is 0.378 e. The van der Waals surface area contributed by atoms with Crippen molar-refractivity contribution in [2.24, 2.45) is 0 Å². The summed E-state index contributed by atoms with van der Waals surface area (Å²) in [6.07, 6.45) is 1.67. The Bertz CT molecular complexity index is 833. The van der Waals surface area contributed by atoms with E-state index >= 15 is 0 Å². The van der Waals surface area contributed by atoms with E-state index < -0.39 is 29.2 Å². The molecule has 1 aliphatic rings. The topological polar surface area (TPSA) is 91.4 Å². The van der Waals surface area contributed by atoms with Crippen molar-refractivity contribution in [3.05, 3.63) is 41.8 Å². The molecule has 0 bridgehead atoms. The van der Waals surface area contributed by atoms with Crippen LogP contribution in [0.5, 0.6) is 0 Å². The highest BCUT2D eigenvalue weighted by molar-refractivity contribution is 5.89. The number of hydrogen-bond donors (Lipinski definition) is 3. The number of rotatable bonds is 6. The quantitative estimate of drug-likeness (QED) is 0.511. The molecule has 0 unspecified atom stereocenters. The lowest BCUT2D eigenvalue weighted by Crippen LogP contribution is -2.36. The van der Waals surface area contributed by atoms with Crippen molar-refractivity contribution in [2.45, 2.75) is 0 Å². The van der Waals surface area contributed by atoms with Crippen molar-refractivity contribution in [1.29, 1.82) is 0 Å². The van der Waals surface area contributed by atoms with Crippen LogP contribution in [-0.4, -0.2) is 55.6 Å². The van der Waals surface area contributed by atoms with Crippen molar-refractivity contribution in [2.75, 3.05) is 54.9 Å². The van der Waals surface area contributed by atoms with Gasteiger partial charge in [-0.2, -0.15) is 5.10 Å². The number of anilines is 3. The number of nitrogens with one attached hydrogen (secondary N) is 3. The molecule has 1 saturated heterocycles. The second kappa shape index (κ2) is 9.22. The van der Waals surface area contributed by atoms with Gasteiger partial charge in [0.1, 0.15) is 0 Å². The Kier molecular flexibility index (Phi) is 6.48. The van der Waals surface area contributed by atoms with Gasteiger partial charge in [-0.15, -0.1) is 5.10 Å². The van der Waals surface area contributed by atoms with Crippen LogP contribution in [0.15, 0.2) is 24.4 Å². The number of carbonyl (C=O) groups is 1. The Labute approximate surface area is 159 Å². The second-order valence-corrected chi connectivity index (χ2v) is 5.93. The van der Waals surface area contributed by atoms with Gasteiger partial charge < -0.3 is 25.6 Å². The monoisotopic (exact) mass is 396 g/mol. The van der Waals surface area contributed by atoms with E-state index in [2.05, 4.69) is 31.0 Å². The number of amides is 2. The number of benzene rings is 1. The van der Waals surface area contributed by atoms with Crippen LogP contribution in [0.2, 0.25) is 0 Å². The fourth-order valence-electron chi connectivity index (χ4n) is 2.59. The lowest BCUT2D eigenvalue weighted by Gasteiger charge is -2.28. The fraction of sp³-hybridized carbons (Fsp3) is 0.353. The molecule has 8 nitrogen and oxygen atoms in total. The number of carbonyl (C=O) groups excluding carboxylic acids is 1. The van der Waals surface area contributed by atoms with Gasteiger partial charge in [-0.1, -0.05) is 0 Å². The minimum absolute atomic E-state index is 0.181. The Morgan fingerprint density at radius 3 is 2.71 bits per heavy atom. The van der Waals surface area contributed by atoms with E-state index in [0.29, 0.717) is 25.6 Å². The molecule has 150 valence electrons. The molecule has 28 heavy (non-hydrogen) atoms. The minimum Gasteiger partial charge on any atom is -0.378 e. The normalized spacial score (nSPS) is 13.9. The van der Waals surface area contributed by atoms with E-state index in [9.17, 15) is 18.0 Å². The fourth-order valence-corrected chi connectivity index (χ4v) is 2.59. The first-order valence-electron chi connectivity index (χ1n) is 8.62. The molecule has 1 aromatic heterocycles. The zero-order chi connectivity index (χ0) is 19.9. The van der Waals surface area contributed by atoms with Crippen LogP contribution < -0.4 is 20.9 Å². The zero-order valence-corrected chi connectivity index (χ0v) is 14.8. The smallest absolute Gasteiger partial charge is 0.319 e. The summed E-state index contributed by atoms with van der Waals surface area (Å²) in [4.78, 5) is 13.9. The predicted molar refractivity (Wildman–Crippen MR) is 96.9 cm³/mol. The SMILES string of the molecule is O=C(NCCNc1cc(N2CCOCC2)cnn1)Nc1ccc(F)c(F)c1F. The van der Waals surface area contributed by atoms with Crippen molar-refractivity contribution in [3.8, 4) is 0 Å². The van der Waals surface area contributed by atoms with E-state index in [4.69, 9.17) is 4.74 Å². The number of urea groups is 1. The van der Waals surface area contributed by atoms with Gasteiger partial charge in [0.15, 0.2) is 23.3 Å². The van der Waals surface area contributed by atoms with Crippen LogP contribution in [0, 0.1) is 17.5 Å². The molecule has 1 aromatic carbocycles. The minimum atomic E-state index is -1.64. The number of morpholine rings is 1. The summed E-state index contributed by atoms with van der Waals surface area (Å²) in [5.41, 5.74) is 0.466. The van der Waals surface area contributed by atoms with Crippen LogP contribution >= 0.6 is 0 Å². The van der Waals surface area contributed by atoms with Crippen LogP contribution in [0.3, 0.4) is 0 Å². The molecule has 11 heteroatoms. The van der Waals surface area contributed by atoms with E-state index in [1.165, 1.54) is 0 Å². The maximum Gasteiger partial charge on any atom is 0.319 e. The molecule has 0 saturated carbocycles. The number of hydrogen-bond acceptors (Lipinski definition) is 6. The van der Waals surface area contributed by atoms with Gasteiger partial charge in [0.2, 0.25) is 0 Å². The maximum atomic E-state index is 13.5. The van der Waals surface area contributed by atoms with E-state index in [0.717, 1.165) is 30.9 Å². The van der Waals surface area contributed by atoms with E-state index in [1.807, 2.05) is 6.07 Å². The predicted octanol–water partition coefficient (Wildman–Crippen LogP) is 1.96. The first kappa shape index (κ1) is 19.7. The standard InChI is InChI=1S/C17H19F3N6O2/c18-12-1-2-13(16(20)15(12)19)24-17(27)22-4-3-21-14-9-11(10-23-25-14)26-5-7-28-8-6-26/h1-2,9-10H,3-8H2,(H,21,25)(H2,22,24,27). The molecule has 0 radical (unpaired) electrons. The zero-order valence-electron chi connectivity index (χ0n) is 14.8. The first-order valence-corrected chi connectivity index (χ1v) is 8.62. The van der Waals surface area contributed by atoms with Crippen molar-refractivity contribution >= 4 is 23.2 Å². The molecular formula is C17H19F3N6O2. The van der Waals surface area contributed by atoms with Gasteiger partial charge in [-0.3, -0.25) is 0 Å². The van der Waals surface area contributed by atoms with Gasteiger partial charge in [-0.25, -0.2) is 18.0 Å². The van der Waals surface area contributed by atoms with Crippen LogP contribution in [0.25, 0.3) is 0 Å². The van der Waals surface area contributed by atoms with E-state index in [-0.39, 0.29) is 6.54 Å². The molecule has 2 heterocycles. The highest BCUT2D eigenvalue weighted by Gasteiger charge is 2.15.